The third kappa shape index (κ3) is 4.67. The molecule has 0 heterocycles. The third-order valence-corrected chi connectivity index (χ3v) is 5.22. The normalized spacial score (nSPS) is 25.0. The highest BCUT2D eigenvalue weighted by Crippen LogP contribution is 2.40. The molecule has 0 aromatic heterocycles. The van der Waals surface area contributed by atoms with Gasteiger partial charge in [0, 0.05) is 17.5 Å². The van der Waals surface area contributed by atoms with Crippen molar-refractivity contribution in [1.29, 1.82) is 0 Å². The number of esters is 1. The second-order valence-electron chi connectivity index (χ2n) is 7.13. The first-order valence-corrected chi connectivity index (χ1v) is 8.91. The van der Waals surface area contributed by atoms with Crippen molar-refractivity contribution in [2.24, 2.45) is 17.8 Å². The predicted octanol–water partition coefficient (Wildman–Crippen LogP) is 3.58. The van der Waals surface area contributed by atoms with E-state index in [9.17, 15) is 27.6 Å². The number of carbonyl (C=O) groups excluding carboxylic acids is 3. The number of ketones is 1. The first kappa shape index (κ1) is 19.4. The first-order valence-electron chi connectivity index (χ1n) is 8.91. The van der Waals surface area contributed by atoms with Gasteiger partial charge in [0.2, 0.25) is 0 Å². The number of hydrogen-bond acceptors (Lipinski definition) is 4. The average molecular weight is 383 g/mol. The lowest BCUT2D eigenvalue weighted by atomic mass is 9.67. The molecular formula is C19H20F3NO4. The van der Waals surface area contributed by atoms with Crippen molar-refractivity contribution < 1.29 is 32.3 Å². The van der Waals surface area contributed by atoms with E-state index in [1.54, 1.807) is 0 Å². The Labute approximate surface area is 154 Å². The summed E-state index contributed by atoms with van der Waals surface area (Å²) in [6.45, 7) is -0.514. The topological polar surface area (TPSA) is 72.5 Å². The van der Waals surface area contributed by atoms with Gasteiger partial charge in [-0.3, -0.25) is 14.4 Å². The molecular weight excluding hydrogens is 363 g/mol. The number of nitrogens with one attached hydrogen (secondary N) is 1. The van der Waals surface area contributed by atoms with Gasteiger partial charge >= 0.3 is 12.1 Å². The lowest BCUT2D eigenvalue weighted by Gasteiger charge is -2.36. The van der Waals surface area contributed by atoms with Crippen LogP contribution in [0, 0.1) is 17.8 Å². The van der Waals surface area contributed by atoms with Gasteiger partial charge in [-0.2, -0.15) is 13.2 Å². The zero-order valence-corrected chi connectivity index (χ0v) is 14.6. The molecule has 1 aromatic rings. The lowest BCUT2D eigenvalue weighted by molar-refractivity contribution is -0.155. The Balaban J connectivity index is 1.47. The Morgan fingerprint density at radius 3 is 2.22 bits per heavy atom. The van der Waals surface area contributed by atoms with Gasteiger partial charge in [0.15, 0.2) is 6.61 Å². The molecule has 0 saturated heterocycles. The van der Waals surface area contributed by atoms with Crippen LogP contribution in [0.1, 0.15) is 37.7 Å². The van der Waals surface area contributed by atoms with Gasteiger partial charge in [-0.05, 0) is 49.9 Å². The van der Waals surface area contributed by atoms with Gasteiger partial charge < -0.3 is 10.1 Å². The molecule has 2 aliphatic carbocycles. The summed E-state index contributed by atoms with van der Waals surface area (Å²) in [6, 6.07) is 3.99. The monoisotopic (exact) mass is 383 g/mol. The summed E-state index contributed by atoms with van der Waals surface area (Å²) in [5.74, 6) is -1.44. The van der Waals surface area contributed by atoms with Crippen molar-refractivity contribution in [3.63, 3.8) is 0 Å². The molecule has 2 saturated carbocycles. The van der Waals surface area contributed by atoms with Gasteiger partial charge in [0.1, 0.15) is 5.78 Å². The van der Waals surface area contributed by atoms with Crippen LogP contribution in [-0.2, 0) is 25.3 Å². The summed E-state index contributed by atoms with van der Waals surface area (Å²) in [5, 5.41) is 2.39. The van der Waals surface area contributed by atoms with Crippen molar-refractivity contribution >= 4 is 23.3 Å². The molecule has 27 heavy (non-hydrogen) atoms. The zero-order valence-electron chi connectivity index (χ0n) is 14.6. The van der Waals surface area contributed by atoms with Crippen molar-refractivity contribution in [3.05, 3.63) is 29.8 Å². The number of Topliss-reactive ketones (excluding diaryl/α,β-unsaturated/α-hetero) is 1. The number of hydrogen-bond donors (Lipinski definition) is 1. The number of anilines is 1. The van der Waals surface area contributed by atoms with Crippen LogP contribution in [0.5, 0.6) is 0 Å². The lowest BCUT2D eigenvalue weighted by Crippen LogP contribution is -2.40. The molecule has 2 fully saturated rings. The highest BCUT2D eigenvalue weighted by Gasteiger charge is 2.41. The molecule has 2 bridgehead atoms. The Hall–Kier alpha value is -2.38. The second-order valence-corrected chi connectivity index (χ2v) is 7.13. The number of halogens is 3. The van der Waals surface area contributed by atoms with Gasteiger partial charge in [0.05, 0.1) is 11.5 Å². The molecule has 2 aliphatic rings. The smallest absolute Gasteiger partial charge is 0.416 e. The fourth-order valence-corrected chi connectivity index (χ4v) is 3.87. The molecule has 1 amide bonds. The molecule has 2 atom stereocenters. The molecule has 146 valence electrons. The minimum absolute atomic E-state index is 0.0870. The van der Waals surface area contributed by atoms with E-state index in [2.05, 4.69) is 5.32 Å². The minimum atomic E-state index is -4.45. The van der Waals surface area contributed by atoms with Gasteiger partial charge in [-0.25, -0.2) is 0 Å². The number of carbonyl (C=O) groups is 3. The van der Waals surface area contributed by atoms with E-state index in [-0.39, 0.29) is 29.2 Å². The third-order valence-electron chi connectivity index (χ3n) is 5.22. The van der Waals surface area contributed by atoms with E-state index in [4.69, 9.17) is 4.74 Å². The minimum Gasteiger partial charge on any atom is -0.455 e. The fourth-order valence-electron chi connectivity index (χ4n) is 3.87. The van der Waals surface area contributed by atoms with Crippen molar-refractivity contribution in [2.45, 2.75) is 38.3 Å². The van der Waals surface area contributed by atoms with E-state index < -0.39 is 30.2 Å². The quantitative estimate of drug-likeness (QED) is 0.807. The average Bonchev–Trinajstić information content (AvgIpc) is 2.59. The molecule has 0 spiro atoms. The number of benzene rings is 1. The standard InChI is InChI=1S/C19H20F3NO4/c20-19(21,22)14-4-6-15(7-5-14)23-16(24)10-27-18(26)13-8-11-2-1-3-12(9-13)17(11)25/h4-7,11-13H,1-3,8-10H2,(H,23,24)/t11-,12-/m1/s1. The van der Waals surface area contributed by atoms with Gasteiger partial charge in [-0.15, -0.1) is 0 Å². The van der Waals surface area contributed by atoms with E-state index in [0.717, 1.165) is 43.5 Å². The van der Waals surface area contributed by atoms with Crippen LogP contribution < -0.4 is 5.32 Å². The Morgan fingerprint density at radius 1 is 1.07 bits per heavy atom. The van der Waals surface area contributed by atoms with E-state index >= 15 is 0 Å². The first-order chi connectivity index (χ1) is 12.7. The molecule has 0 unspecified atom stereocenters. The maximum atomic E-state index is 12.5. The molecule has 1 aromatic carbocycles. The fraction of sp³-hybridized carbons (Fsp3) is 0.526. The Bertz CT molecular complexity index is 713. The number of alkyl halides is 3. The van der Waals surface area contributed by atoms with Gasteiger partial charge in [0.25, 0.3) is 5.91 Å². The van der Waals surface area contributed by atoms with Crippen LogP contribution in [0.2, 0.25) is 0 Å². The van der Waals surface area contributed by atoms with Crippen LogP contribution in [0.3, 0.4) is 0 Å². The van der Waals surface area contributed by atoms with Crippen molar-refractivity contribution in [2.75, 3.05) is 11.9 Å². The molecule has 8 heteroatoms. The molecule has 0 radical (unpaired) electrons. The molecule has 0 aliphatic heterocycles. The highest BCUT2D eigenvalue weighted by atomic mass is 19.4. The number of amides is 1. The Kier molecular flexibility index (Phi) is 5.53. The van der Waals surface area contributed by atoms with E-state index in [1.165, 1.54) is 0 Å². The van der Waals surface area contributed by atoms with Crippen molar-refractivity contribution in [1.82, 2.24) is 0 Å². The van der Waals surface area contributed by atoms with Crippen LogP contribution in [0.15, 0.2) is 24.3 Å². The van der Waals surface area contributed by atoms with Crippen molar-refractivity contribution in [3.8, 4) is 0 Å². The summed E-state index contributed by atoms with van der Waals surface area (Å²) in [6.07, 6.45) is -0.916. The number of fused-ring (bicyclic) bond motifs is 2. The number of ether oxygens (including phenoxy) is 1. The van der Waals surface area contributed by atoms with E-state index in [0.29, 0.717) is 12.8 Å². The number of rotatable bonds is 4. The van der Waals surface area contributed by atoms with Crippen LogP contribution in [0.25, 0.3) is 0 Å². The summed E-state index contributed by atoms with van der Waals surface area (Å²) >= 11 is 0. The summed E-state index contributed by atoms with van der Waals surface area (Å²) in [7, 11) is 0. The maximum absolute atomic E-state index is 12.5. The highest BCUT2D eigenvalue weighted by molar-refractivity contribution is 5.93. The van der Waals surface area contributed by atoms with Gasteiger partial charge in [-0.1, -0.05) is 6.42 Å². The second kappa shape index (κ2) is 7.70. The van der Waals surface area contributed by atoms with E-state index in [1.807, 2.05) is 0 Å². The van der Waals surface area contributed by atoms with Crippen LogP contribution in [0.4, 0.5) is 18.9 Å². The molecule has 5 nitrogen and oxygen atoms in total. The van der Waals surface area contributed by atoms with Crippen LogP contribution >= 0.6 is 0 Å². The zero-order chi connectivity index (χ0) is 19.6. The molecule has 1 N–H and O–H groups in total. The largest absolute Gasteiger partial charge is 0.455 e. The summed E-state index contributed by atoms with van der Waals surface area (Å²) < 4.78 is 42.6. The predicted molar refractivity (Wildman–Crippen MR) is 89.6 cm³/mol. The maximum Gasteiger partial charge on any atom is 0.416 e. The summed E-state index contributed by atoms with van der Waals surface area (Å²) in [5.41, 5.74) is -0.633. The SMILES string of the molecule is O=C(COC(=O)C1C[C@H]2CCC[C@H](C1)C2=O)Nc1ccc(C(F)(F)F)cc1. The molecule has 3 rings (SSSR count). The Morgan fingerprint density at radius 2 is 1.67 bits per heavy atom. The van der Waals surface area contributed by atoms with Crippen LogP contribution in [-0.4, -0.2) is 24.3 Å². The summed E-state index contributed by atoms with van der Waals surface area (Å²) in [4.78, 5) is 36.1.